The summed E-state index contributed by atoms with van der Waals surface area (Å²) in [5, 5.41) is 13.8. The summed E-state index contributed by atoms with van der Waals surface area (Å²) in [6.45, 7) is 0. The number of rotatable bonds is 3. The second-order valence-electron chi connectivity index (χ2n) is 4.64. The SMILES string of the molecule is C(=Cc1nn2c(-c3cccnc3)nnc2s1)c1ccccc1. The molecule has 1 aromatic carbocycles. The van der Waals surface area contributed by atoms with Crippen LogP contribution in [0.1, 0.15) is 10.6 Å². The van der Waals surface area contributed by atoms with Crippen molar-refractivity contribution >= 4 is 28.4 Å². The third-order valence-electron chi connectivity index (χ3n) is 3.14. The van der Waals surface area contributed by atoms with E-state index < -0.39 is 0 Å². The van der Waals surface area contributed by atoms with E-state index >= 15 is 0 Å². The lowest BCUT2D eigenvalue weighted by Crippen LogP contribution is -1.90. The van der Waals surface area contributed by atoms with Crippen molar-refractivity contribution in [2.75, 3.05) is 0 Å². The smallest absolute Gasteiger partial charge is 0.235 e. The van der Waals surface area contributed by atoms with E-state index in [2.05, 4.69) is 32.4 Å². The average Bonchev–Trinajstić information content (AvgIpc) is 3.15. The van der Waals surface area contributed by atoms with E-state index in [9.17, 15) is 0 Å². The maximum absolute atomic E-state index is 4.56. The van der Waals surface area contributed by atoms with E-state index in [1.165, 1.54) is 11.3 Å². The molecule has 0 aliphatic heterocycles. The molecule has 0 saturated carbocycles. The van der Waals surface area contributed by atoms with Crippen LogP contribution < -0.4 is 0 Å². The van der Waals surface area contributed by atoms with Crippen LogP contribution in [0.5, 0.6) is 0 Å². The first kappa shape index (κ1) is 12.8. The number of pyridine rings is 1. The molecule has 4 aromatic rings. The van der Waals surface area contributed by atoms with Gasteiger partial charge in [0.1, 0.15) is 5.01 Å². The van der Waals surface area contributed by atoms with E-state index in [-0.39, 0.29) is 0 Å². The first-order chi connectivity index (χ1) is 10.9. The van der Waals surface area contributed by atoms with Gasteiger partial charge in [0.15, 0.2) is 5.82 Å². The quantitative estimate of drug-likeness (QED) is 0.582. The monoisotopic (exact) mass is 305 g/mol. The number of benzene rings is 1. The standard InChI is InChI=1S/C16H11N5S/c1-2-5-12(6-3-1)8-9-14-20-21-15(18-19-16(21)22-14)13-7-4-10-17-11-13/h1-11H. The molecule has 0 atom stereocenters. The van der Waals surface area contributed by atoms with Gasteiger partial charge in [-0.15, -0.1) is 10.2 Å². The summed E-state index contributed by atoms with van der Waals surface area (Å²) in [5.41, 5.74) is 2.04. The lowest BCUT2D eigenvalue weighted by atomic mass is 10.2. The van der Waals surface area contributed by atoms with E-state index in [1.54, 1.807) is 16.9 Å². The largest absolute Gasteiger partial charge is 0.264 e. The Morgan fingerprint density at radius 2 is 1.86 bits per heavy atom. The minimum atomic E-state index is 0.707. The van der Waals surface area contributed by atoms with Crippen LogP contribution in [0.15, 0.2) is 54.9 Å². The van der Waals surface area contributed by atoms with Crippen molar-refractivity contribution in [1.82, 2.24) is 24.8 Å². The maximum Gasteiger partial charge on any atom is 0.235 e. The topological polar surface area (TPSA) is 56.0 Å². The van der Waals surface area contributed by atoms with Gasteiger partial charge in [0.25, 0.3) is 0 Å². The Labute approximate surface area is 130 Å². The minimum absolute atomic E-state index is 0.707. The molecule has 6 heteroatoms. The Morgan fingerprint density at radius 3 is 2.68 bits per heavy atom. The molecule has 0 saturated heterocycles. The Kier molecular flexibility index (Phi) is 3.21. The average molecular weight is 305 g/mol. The van der Waals surface area contributed by atoms with Gasteiger partial charge < -0.3 is 0 Å². The zero-order valence-corrected chi connectivity index (χ0v) is 12.3. The molecular formula is C16H11N5S. The molecule has 5 nitrogen and oxygen atoms in total. The molecule has 0 spiro atoms. The van der Waals surface area contributed by atoms with Gasteiger partial charge in [-0.25, -0.2) is 0 Å². The number of fused-ring (bicyclic) bond motifs is 1. The van der Waals surface area contributed by atoms with Crippen molar-refractivity contribution in [3.63, 3.8) is 0 Å². The highest BCUT2D eigenvalue weighted by Gasteiger charge is 2.12. The highest BCUT2D eigenvalue weighted by atomic mass is 32.1. The van der Waals surface area contributed by atoms with Gasteiger partial charge in [0.2, 0.25) is 4.96 Å². The van der Waals surface area contributed by atoms with Crippen LogP contribution in [0.2, 0.25) is 0 Å². The molecule has 0 bridgehead atoms. The van der Waals surface area contributed by atoms with Crippen molar-refractivity contribution < 1.29 is 0 Å². The normalized spacial score (nSPS) is 11.5. The van der Waals surface area contributed by atoms with Crippen LogP contribution in [0.3, 0.4) is 0 Å². The predicted octanol–water partition coefficient (Wildman–Crippen LogP) is 3.42. The van der Waals surface area contributed by atoms with Gasteiger partial charge in [-0.1, -0.05) is 47.7 Å². The Morgan fingerprint density at radius 1 is 0.955 bits per heavy atom. The molecular weight excluding hydrogens is 294 g/mol. The fourth-order valence-electron chi connectivity index (χ4n) is 2.11. The summed E-state index contributed by atoms with van der Waals surface area (Å²) >= 11 is 1.50. The Bertz CT molecular complexity index is 925. The van der Waals surface area contributed by atoms with Gasteiger partial charge in [0.05, 0.1) is 0 Å². The lowest BCUT2D eigenvalue weighted by molar-refractivity contribution is 0.958. The number of hydrogen-bond donors (Lipinski definition) is 0. The molecule has 0 radical (unpaired) electrons. The fourth-order valence-corrected chi connectivity index (χ4v) is 2.85. The summed E-state index contributed by atoms with van der Waals surface area (Å²) in [4.78, 5) is 4.88. The first-order valence-electron chi connectivity index (χ1n) is 6.76. The third kappa shape index (κ3) is 2.40. The molecule has 0 N–H and O–H groups in total. The minimum Gasteiger partial charge on any atom is -0.264 e. The maximum atomic E-state index is 4.56. The van der Waals surface area contributed by atoms with Crippen LogP contribution in [0.4, 0.5) is 0 Å². The van der Waals surface area contributed by atoms with Crippen molar-refractivity contribution in [2.45, 2.75) is 0 Å². The summed E-state index contributed by atoms with van der Waals surface area (Å²) in [5.74, 6) is 0.707. The predicted molar refractivity (Wildman–Crippen MR) is 87.3 cm³/mol. The fraction of sp³-hybridized carbons (Fsp3) is 0. The number of hydrogen-bond acceptors (Lipinski definition) is 5. The van der Waals surface area contributed by atoms with Crippen LogP contribution in [-0.2, 0) is 0 Å². The highest BCUT2D eigenvalue weighted by molar-refractivity contribution is 7.17. The molecule has 0 unspecified atom stereocenters. The zero-order valence-electron chi connectivity index (χ0n) is 11.5. The van der Waals surface area contributed by atoms with Gasteiger partial charge in [0, 0.05) is 18.0 Å². The Hall–Kier alpha value is -2.86. The van der Waals surface area contributed by atoms with Crippen LogP contribution >= 0.6 is 11.3 Å². The summed E-state index contributed by atoms with van der Waals surface area (Å²) in [6.07, 6.45) is 7.52. The van der Waals surface area contributed by atoms with Gasteiger partial charge in [-0.3, -0.25) is 4.98 Å². The van der Waals surface area contributed by atoms with Crippen molar-refractivity contribution in [1.29, 1.82) is 0 Å². The van der Waals surface area contributed by atoms with Crippen molar-refractivity contribution in [3.8, 4) is 11.4 Å². The van der Waals surface area contributed by atoms with Gasteiger partial charge >= 0.3 is 0 Å². The molecule has 106 valence electrons. The Balaban J connectivity index is 1.70. The molecule has 0 amide bonds. The molecule has 0 fully saturated rings. The summed E-state index contributed by atoms with van der Waals surface area (Å²) in [6, 6.07) is 14.0. The third-order valence-corrected chi connectivity index (χ3v) is 4.01. The summed E-state index contributed by atoms with van der Waals surface area (Å²) in [7, 11) is 0. The van der Waals surface area contributed by atoms with Crippen LogP contribution in [0.25, 0.3) is 28.5 Å². The second kappa shape index (κ2) is 5.50. The lowest BCUT2D eigenvalue weighted by Gasteiger charge is -1.94. The van der Waals surface area contributed by atoms with Crippen LogP contribution in [0, 0.1) is 0 Å². The van der Waals surface area contributed by atoms with Crippen molar-refractivity contribution in [3.05, 3.63) is 65.4 Å². The van der Waals surface area contributed by atoms with Crippen LogP contribution in [-0.4, -0.2) is 24.8 Å². The van der Waals surface area contributed by atoms with E-state index in [0.717, 1.165) is 21.1 Å². The first-order valence-corrected chi connectivity index (χ1v) is 7.57. The second-order valence-corrected chi connectivity index (χ2v) is 5.63. The molecule has 0 aliphatic carbocycles. The molecule has 3 heterocycles. The summed E-state index contributed by atoms with van der Waals surface area (Å²) < 4.78 is 1.76. The molecule has 3 aromatic heterocycles. The molecule has 0 aliphatic rings. The zero-order chi connectivity index (χ0) is 14.8. The molecule has 22 heavy (non-hydrogen) atoms. The van der Waals surface area contributed by atoms with E-state index in [4.69, 9.17) is 0 Å². The highest BCUT2D eigenvalue weighted by Crippen LogP contribution is 2.21. The number of aromatic nitrogens is 5. The van der Waals surface area contributed by atoms with Gasteiger partial charge in [-0.2, -0.15) is 9.61 Å². The van der Waals surface area contributed by atoms with Gasteiger partial charge in [-0.05, 0) is 23.8 Å². The van der Waals surface area contributed by atoms with E-state index in [1.807, 2.05) is 42.5 Å². The van der Waals surface area contributed by atoms with E-state index in [0.29, 0.717) is 5.82 Å². The molecule has 4 rings (SSSR count). The number of nitrogens with zero attached hydrogens (tertiary/aromatic N) is 5. The van der Waals surface area contributed by atoms with Crippen molar-refractivity contribution in [2.24, 2.45) is 0 Å².